The highest BCUT2D eigenvalue weighted by atomic mass is 35.5. The first-order valence-electron chi connectivity index (χ1n) is 3.46. The molecule has 0 aromatic carbocycles. The summed E-state index contributed by atoms with van der Waals surface area (Å²) in [5.41, 5.74) is 0. The molecule has 0 radical (unpaired) electrons. The van der Waals surface area contributed by atoms with E-state index in [0.717, 1.165) is 0 Å². The molecule has 0 N–H and O–H groups in total. The van der Waals surface area contributed by atoms with E-state index in [1.165, 1.54) is 13.8 Å². The van der Waals surface area contributed by atoms with E-state index >= 15 is 0 Å². The van der Waals surface area contributed by atoms with Crippen LogP contribution in [0.4, 0.5) is 0 Å². The van der Waals surface area contributed by atoms with Crippen LogP contribution in [0, 0.1) is 0 Å². The summed E-state index contributed by atoms with van der Waals surface area (Å²) in [5, 5.41) is -1.71. The Hall–Kier alpha value is -0.770. The largest absolute Gasteiger partial charge is 0.462 e. The van der Waals surface area contributed by atoms with E-state index in [2.05, 4.69) is 9.47 Å². The summed E-state index contributed by atoms with van der Waals surface area (Å²) in [7, 11) is 0. The minimum atomic E-state index is -1.71. The first-order valence-corrected chi connectivity index (χ1v) is 3.83. The summed E-state index contributed by atoms with van der Waals surface area (Å²) in [6.45, 7) is 4.26. The van der Waals surface area contributed by atoms with Gasteiger partial charge in [-0.1, -0.05) is 11.6 Å². The van der Waals surface area contributed by atoms with Gasteiger partial charge in [0.1, 0.15) is 0 Å². The molecule has 1 atom stereocenters. The van der Waals surface area contributed by atoms with Gasteiger partial charge in [0.25, 0.3) is 5.06 Å². The van der Waals surface area contributed by atoms with Crippen molar-refractivity contribution in [1.29, 1.82) is 0 Å². The molecule has 5 heteroatoms. The summed E-state index contributed by atoms with van der Waals surface area (Å²) in [6, 6.07) is 0. The van der Waals surface area contributed by atoms with E-state index in [1.54, 1.807) is 6.92 Å². The van der Waals surface area contributed by atoms with Crippen molar-refractivity contribution in [3.8, 4) is 0 Å². The van der Waals surface area contributed by atoms with Crippen LogP contribution in [0.3, 0.4) is 0 Å². The summed E-state index contributed by atoms with van der Waals surface area (Å²) >= 11 is 5.54. The third kappa shape index (κ3) is 3.57. The maximum atomic E-state index is 11.0. The van der Waals surface area contributed by atoms with Crippen molar-refractivity contribution in [1.82, 2.24) is 0 Å². The average molecular weight is 195 g/mol. The highest BCUT2D eigenvalue weighted by Crippen LogP contribution is 2.18. The summed E-state index contributed by atoms with van der Waals surface area (Å²) in [4.78, 5) is 21.4. The van der Waals surface area contributed by atoms with Crippen molar-refractivity contribution >= 4 is 23.5 Å². The smallest absolute Gasteiger partial charge is 0.366 e. The molecule has 4 nitrogen and oxygen atoms in total. The Balaban J connectivity index is 4.18. The molecule has 0 aliphatic carbocycles. The lowest BCUT2D eigenvalue weighted by molar-refractivity contribution is -0.169. The minimum absolute atomic E-state index is 0.197. The zero-order valence-electron chi connectivity index (χ0n) is 7.22. The van der Waals surface area contributed by atoms with Crippen molar-refractivity contribution in [3.63, 3.8) is 0 Å². The predicted molar refractivity (Wildman–Crippen MR) is 42.7 cm³/mol. The standard InChI is InChI=1S/C7H11ClO4/c1-4-11-6(10)7(3,8)12-5(2)9/h4H2,1-3H3. The summed E-state index contributed by atoms with van der Waals surface area (Å²) in [6.07, 6.45) is 0. The molecular formula is C7H11ClO4. The maximum Gasteiger partial charge on any atom is 0.366 e. The molecule has 1 unspecified atom stereocenters. The van der Waals surface area contributed by atoms with Crippen LogP contribution < -0.4 is 0 Å². The first kappa shape index (κ1) is 11.2. The highest BCUT2D eigenvalue weighted by molar-refractivity contribution is 6.33. The van der Waals surface area contributed by atoms with Gasteiger partial charge >= 0.3 is 11.9 Å². The molecule has 0 aliphatic heterocycles. The number of rotatable bonds is 3. The maximum absolute atomic E-state index is 11.0. The van der Waals surface area contributed by atoms with Gasteiger partial charge in [-0.05, 0) is 6.92 Å². The normalized spacial score (nSPS) is 14.7. The zero-order chi connectivity index (χ0) is 9.78. The van der Waals surface area contributed by atoms with Crippen LogP contribution in [0.2, 0.25) is 0 Å². The molecule has 0 saturated heterocycles. The van der Waals surface area contributed by atoms with Gasteiger partial charge in [0.2, 0.25) is 0 Å². The second-order valence-electron chi connectivity index (χ2n) is 2.23. The highest BCUT2D eigenvalue weighted by Gasteiger charge is 2.35. The molecule has 0 saturated carbocycles. The lowest BCUT2D eigenvalue weighted by Gasteiger charge is -2.18. The van der Waals surface area contributed by atoms with E-state index in [1.807, 2.05) is 0 Å². The predicted octanol–water partition coefficient (Wildman–Crippen LogP) is 1.07. The van der Waals surface area contributed by atoms with Crippen molar-refractivity contribution in [2.45, 2.75) is 25.8 Å². The van der Waals surface area contributed by atoms with Crippen molar-refractivity contribution in [2.75, 3.05) is 6.61 Å². The van der Waals surface area contributed by atoms with Crippen molar-refractivity contribution in [2.24, 2.45) is 0 Å². The second-order valence-corrected chi connectivity index (χ2v) is 2.95. The van der Waals surface area contributed by atoms with Gasteiger partial charge in [0, 0.05) is 13.8 Å². The van der Waals surface area contributed by atoms with Gasteiger partial charge < -0.3 is 9.47 Å². The average Bonchev–Trinajstić information content (AvgIpc) is 1.85. The lowest BCUT2D eigenvalue weighted by atomic mass is 10.4. The molecule has 0 aromatic rings. The number of esters is 2. The summed E-state index contributed by atoms with van der Waals surface area (Å²) in [5.74, 6) is -1.39. The number of hydrogen-bond acceptors (Lipinski definition) is 4. The summed E-state index contributed by atoms with van der Waals surface area (Å²) < 4.78 is 9.06. The van der Waals surface area contributed by atoms with E-state index in [9.17, 15) is 9.59 Å². The third-order valence-electron chi connectivity index (χ3n) is 0.975. The number of ether oxygens (including phenoxy) is 2. The Bertz CT molecular complexity index is 188. The van der Waals surface area contributed by atoms with Crippen LogP contribution in [0.25, 0.3) is 0 Å². The monoisotopic (exact) mass is 194 g/mol. The molecule has 0 amide bonds. The lowest BCUT2D eigenvalue weighted by Crippen LogP contribution is -2.35. The van der Waals surface area contributed by atoms with E-state index < -0.39 is 17.0 Å². The van der Waals surface area contributed by atoms with Gasteiger partial charge in [-0.25, -0.2) is 4.79 Å². The quantitative estimate of drug-likeness (QED) is 0.498. The number of hydrogen-bond donors (Lipinski definition) is 0. The van der Waals surface area contributed by atoms with Gasteiger partial charge in [-0.2, -0.15) is 0 Å². The van der Waals surface area contributed by atoms with Crippen molar-refractivity contribution < 1.29 is 19.1 Å². The van der Waals surface area contributed by atoms with Crippen LogP contribution in [0.15, 0.2) is 0 Å². The Labute approximate surface area is 75.8 Å². The third-order valence-corrected chi connectivity index (χ3v) is 1.21. The molecule has 0 aromatic heterocycles. The molecule has 70 valence electrons. The Morgan fingerprint density at radius 1 is 1.50 bits per heavy atom. The Morgan fingerprint density at radius 3 is 2.33 bits per heavy atom. The SMILES string of the molecule is CCOC(=O)C(C)(Cl)OC(C)=O. The Morgan fingerprint density at radius 2 is 2.00 bits per heavy atom. The fourth-order valence-corrected chi connectivity index (χ4v) is 0.735. The topological polar surface area (TPSA) is 52.6 Å². The molecule has 12 heavy (non-hydrogen) atoms. The number of carbonyl (C=O) groups excluding carboxylic acids is 2. The molecule has 0 heterocycles. The van der Waals surface area contributed by atoms with Crippen LogP contribution in [-0.2, 0) is 19.1 Å². The van der Waals surface area contributed by atoms with Gasteiger partial charge in [-0.15, -0.1) is 0 Å². The van der Waals surface area contributed by atoms with E-state index in [0.29, 0.717) is 0 Å². The van der Waals surface area contributed by atoms with Gasteiger partial charge in [-0.3, -0.25) is 4.79 Å². The van der Waals surface area contributed by atoms with Gasteiger partial charge in [0.15, 0.2) is 0 Å². The minimum Gasteiger partial charge on any atom is -0.462 e. The number of alkyl halides is 1. The molecule has 0 bridgehead atoms. The second kappa shape index (κ2) is 4.30. The van der Waals surface area contributed by atoms with Gasteiger partial charge in [0.05, 0.1) is 6.61 Å². The fraction of sp³-hybridized carbons (Fsp3) is 0.714. The molecule has 0 rings (SSSR count). The Kier molecular flexibility index (Phi) is 4.03. The van der Waals surface area contributed by atoms with Crippen LogP contribution in [0.5, 0.6) is 0 Å². The van der Waals surface area contributed by atoms with Crippen molar-refractivity contribution in [3.05, 3.63) is 0 Å². The van der Waals surface area contributed by atoms with Crippen LogP contribution >= 0.6 is 11.6 Å². The van der Waals surface area contributed by atoms with E-state index in [-0.39, 0.29) is 6.61 Å². The van der Waals surface area contributed by atoms with E-state index in [4.69, 9.17) is 11.6 Å². The molecule has 0 aliphatic rings. The van der Waals surface area contributed by atoms with Crippen LogP contribution in [-0.4, -0.2) is 23.6 Å². The zero-order valence-corrected chi connectivity index (χ0v) is 7.97. The molecule has 0 spiro atoms. The molecule has 0 fully saturated rings. The van der Waals surface area contributed by atoms with Crippen LogP contribution in [0.1, 0.15) is 20.8 Å². The molecular weight excluding hydrogens is 184 g/mol. The first-order chi connectivity index (χ1) is 5.40. The fourth-order valence-electron chi connectivity index (χ4n) is 0.572. The number of halogens is 1. The number of carbonyl (C=O) groups is 2.